The van der Waals surface area contributed by atoms with Crippen molar-refractivity contribution in [1.82, 2.24) is 0 Å². The second-order valence-corrected chi connectivity index (χ2v) is 6.20. The highest BCUT2D eigenvalue weighted by Gasteiger charge is 2.10. The van der Waals surface area contributed by atoms with Crippen LogP contribution in [-0.4, -0.2) is 25.5 Å². The summed E-state index contributed by atoms with van der Waals surface area (Å²) in [4.78, 5) is 14.8. The fourth-order valence-electron chi connectivity index (χ4n) is 2.04. The Morgan fingerprint density at radius 3 is 2.62 bits per heavy atom. The van der Waals surface area contributed by atoms with Crippen molar-refractivity contribution in [2.24, 2.45) is 0 Å². The van der Waals surface area contributed by atoms with E-state index in [0.717, 1.165) is 18.8 Å². The van der Waals surface area contributed by atoms with E-state index in [4.69, 9.17) is 16.3 Å². The van der Waals surface area contributed by atoms with Gasteiger partial charge in [0.1, 0.15) is 5.75 Å². The van der Waals surface area contributed by atoms with Gasteiger partial charge in [0, 0.05) is 24.8 Å². The summed E-state index contributed by atoms with van der Waals surface area (Å²) in [6.07, 6.45) is 0. The summed E-state index contributed by atoms with van der Waals surface area (Å²) in [6.45, 7) is 6.12. The van der Waals surface area contributed by atoms with Crippen LogP contribution in [0.1, 0.15) is 23.5 Å². The molecule has 0 aliphatic carbocycles. The SMILES string of the molecule is CCN(CC)c1cccc(OCC(=O)c2ccc(Cl)s2)c1. The van der Waals surface area contributed by atoms with Crippen LogP contribution >= 0.6 is 22.9 Å². The van der Waals surface area contributed by atoms with E-state index in [1.807, 2.05) is 24.3 Å². The van der Waals surface area contributed by atoms with E-state index in [1.54, 1.807) is 12.1 Å². The van der Waals surface area contributed by atoms with Gasteiger partial charge in [-0.1, -0.05) is 17.7 Å². The van der Waals surface area contributed by atoms with Gasteiger partial charge < -0.3 is 9.64 Å². The van der Waals surface area contributed by atoms with E-state index in [-0.39, 0.29) is 12.4 Å². The number of ketones is 1. The van der Waals surface area contributed by atoms with Gasteiger partial charge in [0.05, 0.1) is 9.21 Å². The van der Waals surface area contributed by atoms with E-state index in [0.29, 0.717) is 15.0 Å². The van der Waals surface area contributed by atoms with Gasteiger partial charge in [-0.3, -0.25) is 4.79 Å². The number of benzene rings is 1. The second-order valence-electron chi connectivity index (χ2n) is 4.49. The van der Waals surface area contributed by atoms with Gasteiger partial charge in [-0.15, -0.1) is 11.3 Å². The van der Waals surface area contributed by atoms with Crippen molar-refractivity contribution in [2.75, 3.05) is 24.6 Å². The van der Waals surface area contributed by atoms with Crippen molar-refractivity contribution in [3.63, 3.8) is 0 Å². The van der Waals surface area contributed by atoms with Gasteiger partial charge in [-0.05, 0) is 38.1 Å². The number of halogens is 1. The number of Topliss-reactive ketones (excluding diaryl/α,β-unsaturated/α-hetero) is 1. The molecule has 3 nitrogen and oxygen atoms in total. The molecule has 0 aliphatic rings. The molecule has 1 aromatic heterocycles. The average molecular weight is 324 g/mol. The lowest BCUT2D eigenvalue weighted by Gasteiger charge is -2.21. The van der Waals surface area contributed by atoms with Crippen molar-refractivity contribution < 1.29 is 9.53 Å². The largest absolute Gasteiger partial charge is 0.485 e. The van der Waals surface area contributed by atoms with Crippen LogP contribution in [0, 0.1) is 0 Å². The molecule has 5 heteroatoms. The lowest BCUT2D eigenvalue weighted by Crippen LogP contribution is -2.21. The fraction of sp³-hybridized carbons (Fsp3) is 0.312. The quantitative estimate of drug-likeness (QED) is 0.702. The zero-order chi connectivity index (χ0) is 15.2. The van der Waals surface area contributed by atoms with Crippen molar-refractivity contribution in [3.8, 4) is 5.75 Å². The maximum Gasteiger partial charge on any atom is 0.210 e. The summed E-state index contributed by atoms with van der Waals surface area (Å²) in [5.74, 6) is 0.649. The van der Waals surface area contributed by atoms with Crippen LogP contribution in [0.5, 0.6) is 5.75 Å². The van der Waals surface area contributed by atoms with E-state index in [2.05, 4.69) is 18.7 Å². The molecule has 0 bridgehead atoms. The standard InChI is InChI=1S/C16H18ClNO2S/c1-3-18(4-2)12-6-5-7-13(10-12)20-11-14(19)15-8-9-16(17)21-15/h5-10H,3-4,11H2,1-2H3. The number of carbonyl (C=O) groups excluding carboxylic acids is 1. The van der Waals surface area contributed by atoms with E-state index < -0.39 is 0 Å². The summed E-state index contributed by atoms with van der Waals surface area (Å²) < 4.78 is 6.21. The molecule has 0 N–H and O–H groups in total. The lowest BCUT2D eigenvalue weighted by atomic mass is 10.2. The molecule has 0 atom stereocenters. The lowest BCUT2D eigenvalue weighted by molar-refractivity contribution is 0.0925. The molecule has 21 heavy (non-hydrogen) atoms. The fourth-order valence-corrected chi connectivity index (χ4v) is 3.01. The second kappa shape index (κ2) is 7.48. The predicted molar refractivity (Wildman–Crippen MR) is 89.2 cm³/mol. The molecular weight excluding hydrogens is 306 g/mol. The first-order valence-electron chi connectivity index (χ1n) is 6.90. The average Bonchev–Trinajstić information content (AvgIpc) is 2.93. The maximum absolute atomic E-state index is 12.0. The molecule has 112 valence electrons. The summed E-state index contributed by atoms with van der Waals surface area (Å²) in [6, 6.07) is 11.3. The minimum Gasteiger partial charge on any atom is -0.485 e. The zero-order valence-corrected chi connectivity index (χ0v) is 13.7. The first kappa shape index (κ1) is 15.9. The van der Waals surface area contributed by atoms with Gasteiger partial charge in [0.15, 0.2) is 6.61 Å². The monoisotopic (exact) mass is 323 g/mol. The summed E-state index contributed by atoms with van der Waals surface area (Å²) in [5.41, 5.74) is 1.10. The molecule has 0 saturated heterocycles. The molecule has 1 heterocycles. The number of nitrogens with zero attached hydrogens (tertiary/aromatic N) is 1. The summed E-state index contributed by atoms with van der Waals surface area (Å²) in [5, 5.41) is 0. The van der Waals surface area contributed by atoms with Crippen molar-refractivity contribution >= 4 is 34.4 Å². The number of rotatable bonds is 7. The Labute approximate surface area is 134 Å². The molecule has 0 spiro atoms. The Balaban J connectivity index is 2.00. The minimum atomic E-state index is -0.0554. The van der Waals surface area contributed by atoms with Gasteiger partial charge in [-0.25, -0.2) is 0 Å². The number of hydrogen-bond acceptors (Lipinski definition) is 4. The Hall–Kier alpha value is -1.52. The van der Waals surface area contributed by atoms with Gasteiger partial charge in [-0.2, -0.15) is 0 Å². The smallest absolute Gasteiger partial charge is 0.210 e. The van der Waals surface area contributed by atoms with Gasteiger partial charge in [0.25, 0.3) is 0 Å². The Kier molecular flexibility index (Phi) is 5.65. The van der Waals surface area contributed by atoms with Gasteiger partial charge in [0.2, 0.25) is 5.78 Å². The van der Waals surface area contributed by atoms with Crippen molar-refractivity contribution in [3.05, 3.63) is 45.6 Å². The summed E-state index contributed by atoms with van der Waals surface area (Å²) >= 11 is 7.10. The number of anilines is 1. The van der Waals surface area contributed by atoms with E-state index in [9.17, 15) is 4.79 Å². The van der Waals surface area contributed by atoms with Crippen LogP contribution in [0.25, 0.3) is 0 Å². The highest BCUT2D eigenvalue weighted by molar-refractivity contribution is 7.18. The third-order valence-corrected chi connectivity index (χ3v) is 4.44. The summed E-state index contributed by atoms with van der Waals surface area (Å²) in [7, 11) is 0. The van der Waals surface area contributed by atoms with Crippen molar-refractivity contribution in [1.29, 1.82) is 0 Å². The number of carbonyl (C=O) groups is 1. The van der Waals surface area contributed by atoms with E-state index >= 15 is 0 Å². The molecular formula is C16H18ClNO2S. The van der Waals surface area contributed by atoms with Crippen LogP contribution in [0.2, 0.25) is 4.34 Å². The molecule has 0 aliphatic heterocycles. The highest BCUT2D eigenvalue weighted by atomic mass is 35.5. The van der Waals surface area contributed by atoms with Crippen LogP contribution in [0.4, 0.5) is 5.69 Å². The maximum atomic E-state index is 12.0. The topological polar surface area (TPSA) is 29.5 Å². The third-order valence-electron chi connectivity index (χ3n) is 3.16. The van der Waals surface area contributed by atoms with Crippen LogP contribution in [-0.2, 0) is 0 Å². The Morgan fingerprint density at radius 1 is 1.24 bits per heavy atom. The number of ether oxygens (including phenoxy) is 1. The normalized spacial score (nSPS) is 10.4. The first-order valence-corrected chi connectivity index (χ1v) is 8.09. The molecule has 0 amide bonds. The van der Waals surface area contributed by atoms with Gasteiger partial charge >= 0.3 is 0 Å². The number of hydrogen-bond donors (Lipinski definition) is 0. The zero-order valence-electron chi connectivity index (χ0n) is 12.1. The Bertz CT molecular complexity index is 608. The molecule has 1 aromatic carbocycles. The molecule has 0 radical (unpaired) electrons. The van der Waals surface area contributed by atoms with E-state index in [1.165, 1.54) is 11.3 Å². The first-order chi connectivity index (χ1) is 10.1. The van der Waals surface area contributed by atoms with Crippen LogP contribution in [0.3, 0.4) is 0 Å². The predicted octanol–water partition coefficient (Wildman–Crippen LogP) is 4.51. The minimum absolute atomic E-state index is 0.0263. The van der Waals surface area contributed by atoms with Crippen molar-refractivity contribution in [2.45, 2.75) is 13.8 Å². The molecule has 2 rings (SSSR count). The number of thiophene rings is 1. The molecule has 0 fully saturated rings. The molecule has 2 aromatic rings. The Morgan fingerprint density at radius 2 is 2.00 bits per heavy atom. The highest BCUT2D eigenvalue weighted by Crippen LogP contribution is 2.23. The molecule has 0 saturated carbocycles. The van der Waals surface area contributed by atoms with Crippen LogP contribution in [0.15, 0.2) is 36.4 Å². The third kappa shape index (κ3) is 4.22. The molecule has 0 unspecified atom stereocenters. The van der Waals surface area contributed by atoms with Crippen LogP contribution < -0.4 is 9.64 Å².